The van der Waals surface area contributed by atoms with E-state index in [1.54, 1.807) is 12.1 Å². The van der Waals surface area contributed by atoms with Gasteiger partial charge in [0, 0.05) is 30.8 Å². The van der Waals surface area contributed by atoms with Crippen LogP contribution in [0.5, 0.6) is 0 Å². The summed E-state index contributed by atoms with van der Waals surface area (Å²) >= 11 is 0. The van der Waals surface area contributed by atoms with Crippen LogP contribution in [-0.2, 0) is 0 Å². The van der Waals surface area contributed by atoms with Crippen molar-refractivity contribution in [1.82, 2.24) is 5.32 Å². The molecule has 0 unspecified atom stereocenters. The van der Waals surface area contributed by atoms with Crippen LogP contribution < -0.4 is 10.2 Å². The second-order valence-electron chi connectivity index (χ2n) is 9.08. The topological polar surface area (TPSA) is 75.5 Å². The highest BCUT2D eigenvalue weighted by atomic mass is 16.6. The van der Waals surface area contributed by atoms with Crippen LogP contribution >= 0.6 is 0 Å². The zero-order valence-corrected chi connectivity index (χ0v) is 15.6. The predicted molar refractivity (Wildman–Crippen MR) is 103 cm³/mol. The van der Waals surface area contributed by atoms with E-state index in [-0.39, 0.29) is 22.6 Å². The summed E-state index contributed by atoms with van der Waals surface area (Å²) in [7, 11) is 0. The van der Waals surface area contributed by atoms with Crippen molar-refractivity contribution in [3.63, 3.8) is 0 Å². The molecular formula is C21H27N3O3. The van der Waals surface area contributed by atoms with Gasteiger partial charge in [0.2, 0.25) is 0 Å². The number of nitro groups is 1. The summed E-state index contributed by atoms with van der Waals surface area (Å²) in [6, 6.07) is 5.24. The number of carbonyl (C=O) groups excluding carboxylic acids is 1. The van der Waals surface area contributed by atoms with Crippen LogP contribution in [-0.4, -0.2) is 30.0 Å². The van der Waals surface area contributed by atoms with E-state index in [2.05, 4.69) is 10.2 Å². The standard InChI is InChI=1S/C21H27N3O3/c25-21(22-20-16-8-13-7-14(10-16)11-17(20)9-13)15-3-4-18(19(12-15)24(26)27)23-5-1-2-6-23/h3-4,12-14,16-17,20H,1-2,5-11H2,(H,22,25). The lowest BCUT2D eigenvalue weighted by molar-refractivity contribution is -0.384. The molecule has 6 nitrogen and oxygen atoms in total. The normalized spacial score (nSPS) is 34.1. The van der Waals surface area contributed by atoms with Gasteiger partial charge < -0.3 is 10.2 Å². The van der Waals surface area contributed by atoms with E-state index < -0.39 is 0 Å². The number of hydrogen-bond donors (Lipinski definition) is 1. The Kier molecular flexibility index (Phi) is 4.10. The molecule has 4 aliphatic carbocycles. The molecule has 6 heteroatoms. The zero-order chi connectivity index (χ0) is 18.5. The molecule has 1 aliphatic heterocycles. The fraction of sp³-hybridized carbons (Fsp3) is 0.667. The lowest BCUT2D eigenvalue weighted by atomic mass is 9.54. The third-order valence-corrected chi connectivity index (χ3v) is 7.41. The van der Waals surface area contributed by atoms with E-state index in [1.807, 2.05) is 0 Å². The molecular weight excluding hydrogens is 342 g/mol. The molecule has 6 rings (SSSR count). The Bertz CT molecular complexity index is 744. The number of nitrogens with zero attached hydrogens (tertiary/aromatic N) is 2. The molecule has 0 radical (unpaired) electrons. The number of carbonyl (C=O) groups is 1. The fourth-order valence-electron chi connectivity index (χ4n) is 6.43. The molecule has 5 aliphatic rings. The van der Waals surface area contributed by atoms with E-state index in [1.165, 1.54) is 38.2 Å². The van der Waals surface area contributed by atoms with Crippen LogP contribution in [0.15, 0.2) is 18.2 Å². The van der Waals surface area contributed by atoms with E-state index >= 15 is 0 Å². The van der Waals surface area contributed by atoms with Crippen LogP contribution in [0.25, 0.3) is 0 Å². The highest BCUT2D eigenvalue weighted by Gasteiger charge is 2.48. The summed E-state index contributed by atoms with van der Waals surface area (Å²) in [5.41, 5.74) is 1.11. The average molecular weight is 369 g/mol. The van der Waals surface area contributed by atoms with Gasteiger partial charge in [-0.2, -0.15) is 0 Å². The van der Waals surface area contributed by atoms with E-state index in [4.69, 9.17) is 0 Å². The molecule has 27 heavy (non-hydrogen) atoms. The van der Waals surface area contributed by atoms with Gasteiger partial charge in [0.05, 0.1) is 4.92 Å². The molecule has 1 amide bonds. The molecule has 1 heterocycles. The minimum Gasteiger partial charge on any atom is -0.366 e. The summed E-state index contributed by atoms with van der Waals surface area (Å²) in [4.78, 5) is 26.2. The Morgan fingerprint density at radius 2 is 1.67 bits per heavy atom. The van der Waals surface area contributed by atoms with Crippen LogP contribution in [0, 0.1) is 33.8 Å². The van der Waals surface area contributed by atoms with Crippen LogP contribution in [0.2, 0.25) is 0 Å². The number of nitrogens with one attached hydrogen (secondary N) is 1. The summed E-state index contributed by atoms with van der Waals surface area (Å²) < 4.78 is 0. The maximum atomic E-state index is 12.9. The van der Waals surface area contributed by atoms with Crippen molar-refractivity contribution in [2.75, 3.05) is 18.0 Å². The third kappa shape index (κ3) is 2.99. The molecule has 144 valence electrons. The second kappa shape index (κ2) is 6.50. The quantitative estimate of drug-likeness (QED) is 0.648. The molecule has 4 bridgehead atoms. The number of benzene rings is 1. The fourth-order valence-corrected chi connectivity index (χ4v) is 6.43. The molecule has 1 aromatic rings. The minimum absolute atomic E-state index is 0.0506. The Balaban J connectivity index is 1.35. The number of hydrogen-bond acceptors (Lipinski definition) is 4. The molecule has 1 aromatic carbocycles. The highest BCUT2D eigenvalue weighted by molar-refractivity contribution is 5.96. The van der Waals surface area contributed by atoms with Gasteiger partial charge >= 0.3 is 0 Å². The first-order valence-corrected chi connectivity index (χ1v) is 10.4. The van der Waals surface area contributed by atoms with Crippen molar-refractivity contribution < 1.29 is 9.72 Å². The highest BCUT2D eigenvalue weighted by Crippen LogP contribution is 2.53. The Morgan fingerprint density at radius 1 is 1.04 bits per heavy atom. The van der Waals surface area contributed by atoms with Gasteiger partial charge in [0.1, 0.15) is 5.69 Å². The monoisotopic (exact) mass is 369 g/mol. The number of nitro benzene ring substituents is 1. The third-order valence-electron chi connectivity index (χ3n) is 7.41. The van der Waals surface area contributed by atoms with Gasteiger partial charge in [-0.25, -0.2) is 0 Å². The van der Waals surface area contributed by atoms with E-state index in [9.17, 15) is 14.9 Å². The zero-order valence-electron chi connectivity index (χ0n) is 15.6. The van der Waals surface area contributed by atoms with Crippen molar-refractivity contribution in [1.29, 1.82) is 0 Å². The molecule has 5 fully saturated rings. The first kappa shape index (κ1) is 17.0. The first-order valence-electron chi connectivity index (χ1n) is 10.4. The second-order valence-corrected chi connectivity index (χ2v) is 9.08. The molecule has 0 spiro atoms. The Morgan fingerprint density at radius 3 is 2.26 bits per heavy atom. The van der Waals surface area contributed by atoms with Crippen LogP contribution in [0.3, 0.4) is 0 Å². The van der Waals surface area contributed by atoms with Crippen molar-refractivity contribution >= 4 is 17.3 Å². The maximum absolute atomic E-state index is 12.9. The molecule has 1 N–H and O–H groups in total. The van der Waals surface area contributed by atoms with Gasteiger partial charge in [-0.05, 0) is 80.8 Å². The van der Waals surface area contributed by atoms with Crippen molar-refractivity contribution in [3.8, 4) is 0 Å². The Labute approximate surface area is 159 Å². The van der Waals surface area contributed by atoms with Crippen LogP contribution in [0.1, 0.15) is 55.3 Å². The van der Waals surface area contributed by atoms with Crippen molar-refractivity contribution in [2.45, 2.75) is 51.0 Å². The lowest BCUT2D eigenvalue weighted by Crippen LogP contribution is -2.55. The number of rotatable bonds is 4. The van der Waals surface area contributed by atoms with Crippen molar-refractivity contribution in [3.05, 3.63) is 33.9 Å². The molecule has 0 atom stereocenters. The first-order chi connectivity index (χ1) is 13.1. The summed E-state index contributed by atoms with van der Waals surface area (Å²) in [6.07, 6.45) is 8.48. The largest absolute Gasteiger partial charge is 0.366 e. The number of anilines is 1. The Hall–Kier alpha value is -2.11. The van der Waals surface area contributed by atoms with Crippen LogP contribution in [0.4, 0.5) is 11.4 Å². The van der Waals surface area contributed by atoms with Gasteiger partial charge in [0.15, 0.2) is 0 Å². The maximum Gasteiger partial charge on any atom is 0.293 e. The summed E-state index contributed by atoms with van der Waals surface area (Å²) in [5.74, 6) is 2.78. The van der Waals surface area contributed by atoms with Gasteiger partial charge in [-0.3, -0.25) is 14.9 Å². The lowest BCUT2D eigenvalue weighted by Gasteiger charge is -2.54. The van der Waals surface area contributed by atoms with Crippen molar-refractivity contribution in [2.24, 2.45) is 23.7 Å². The smallest absolute Gasteiger partial charge is 0.293 e. The predicted octanol–water partition coefficient (Wildman–Crippen LogP) is 3.75. The van der Waals surface area contributed by atoms with E-state index in [0.29, 0.717) is 23.1 Å². The molecule has 0 aromatic heterocycles. The number of amides is 1. The van der Waals surface area contributed by atoms with E-state index in [0.717, 1.165) is 37.8 Å². The van der Waals surface area contributed by atoms with Gasteiger partial charge in [-0.1, -0.05) is 0 Å². The summed E-state index contributed by atoms with van der Waals surface area (Å²) in [5, 5.41) is 14.8. The SMILES string of the molecule is O=C(NC1C2CC3CC(C2)CC1C3)c1ccc(N2CCCC2)c([N+](=O)[O-])c1. The minimum atomic E-state index is -0.354. The molecule has 1 saturated heterocycles. The van der Waals surface area contributed by atoms with Gasteiger partial charge in [-0.15, -0.1) is 0 Å². The molecule has 4 saturated carbocycles. The average Bonchev–Trinajstić information content (AvgIpc) is 3.18. The summed E-state index contributed by atoms with van der Waals surface area (Å²) in [6.45, 7) is 1.69. The van der Waals surface area contributed by atoms with Gasteiger partial charge in [0.25, 0.3) is 11.6 Å².